The van der Waals surface area contributed by atoms with Gasteiger partial charge in [-0.1, -0.05) is 30.3 Å². The molecule has 0 aliphatic carbocycles. The molecule has 1 aromatic heterocycles. The highest BCUT2D eigenvalue weighted by Gasteiger charge is 2.23. The van der Waals surface area contributed by atoms with Crippen LogP contribution in [-0.2, 0) is 16.4 Å². The van der Waals surface area contributed by atoms with Gasteiger partial charge in [0, 0.05) is 19.6 Å². The zero-order valence-corrected chi connectivity index (χ0v) is 14.9. The molecule has 0 radical (unpaired) electrons. The third kappa shape index (κ3) is 4.03. The molecule has 1 amide bonds. The number of amides is 1. The van der Waals surface area contributed by atoms with Crippen LogP contribution in [-0.4, -0.2) is 38.9 Å². The molecule has 7 heteroatoms. The topological polar surface area (TPSA) is 66.5 Å². The second kappa shape index (κ2) is 7.46. The zero-order chi connectivity index (χ0) is 17.0. The quantitative estimate of drug-likeness (QED) is 0.856. The Labute approximate surface area is 146 Å². The summed E-state index contributed by atoms with van der Waals surface area (Å²) in [6.45, 7) is 1.85. The molecule has 0 atom stereocenters. The maximum absolute atomic E-state index is 12.4. The molecule has 2 heterocycles. The van der Waals surface area contributed by atoms with Gasteiger partial charge in [-0.25, -0.2) is 13.1 Å². The Balaban J connectivity index is 1.61. The largest absolute Gasteiger partial charge is 0.338 e. The Kier molecular flexibility index (Phi) is 5.33. The number of sulfonamides is 1. The highest BCUT2D eigenvalue weighted by Crippen LogP contribution is 2.24. The number of benzene rings is 1. The molecule has 1 fully saturated rings. The molecule has 1 N–H and O–H groups in total. The van der Waals surface area contributed by atoms with Crippen molar-refractivity contribution in [1.29, 1.82) is 0 Å². The predicted molar refractivity (Wildman–Crippen MR) is 94.8 cm³/mol. The lowest BCUT2D eigenvalue weighted by Crippen LogP contribution is -2.27. The van der Waals surface area contributed by atoms with Gasteiger partial charge in [-0.15, -0.1) is 11.3 Å². The fourth-order valence-electron chi connectivity index (χ4n) is 2.70. The van der Waals surface area contributed by atoms with Crippen molar-refractivity contribution in [1.82, 2.24) is 9.62 Å². The van der Waals surface area contributed by atoms with E-state index in [1.165, 1.54) is 6.07 Å². The summed E-state index contributed by atoms with van der Waals surface area (Å²) in [6, 6.07) is 12.8. The van der Waals surface area contributed by atoms with E-state index in [-0.39, 0.29) is 10.1 Å². The van der Waals surface area contributed by atoms with Crippen molar-refractivity contribution in [2.45, 2.75) is 23.5 Å². The Bertz CT molecular complexity index is 794. The van der Waals surface area contributed by atoms with E-state index in [1.807, 2.05) is 30.3 Å². The van der Waals surface area contributed by atoms with Gasteiger partial charge in [0.25, 0.3) is 5.91 Å². The summed E-state index contributed by atoms with van der Waals surface area (Å²) in [4.78, 5) is 14.6. The molecule has 1 saturated heterocycles. The van der Waals surface area contributed by atoms with Crippen molar-refractivity contribution in [2.24, 2.45) is 0 Å². The predicted octanol–water partition coefficient (Wildman–Crippen LogP) is 2.51. The molecule has 1 aliphatic rings. The first-order valence-electron chi connectivity index (χ1n) is 7.99. The molecule has 0 saturated carbocycles. The smallest absolute Gasteiger partial charge is 0.263 e. The van der Waals surface area contributed by atoms with Crippen LogP contribution in [0.4, 0.5) is 0 Å². The van der Waals surface area contributed by atoms with E-state index < -0.39 is 10.0 Å². The zero-order valence-electron chi connectivity index (χ0n) is 13.3. The summed E-state index contributed by atoms with van der Waals surface area (Å²) in [7, 11) is -3.57. The van der Waals surface area contributed by atoms with Gasteiger partial charge >= 0.3 is 0 Å². The van der Waals surface area contributed by atoms with Crippen LogP contribution in [0.25, 0.3) is 0 Å². The molecule has 0 unspecified atom stereocenters. The molecular weight excluding hydrogens is 344 g/mol. The second-order valence-electron chi connectivity index (χ2n) is 5.75. The minimum absolute atomic E-state index is 0.0664. The van der Waals surface area contributed by atoms with Gasteiger partial charge in [0.1, 0.15) is 4.21 Å². The van der Waals surface area contributed by atoms with E-state index >= 15 is 0 Å². The van der Waals surface area contributed by atoms with Gasteiger partial charge in [-0.05, 0) is 37.0 Å². The summed E-state index contributed by atoms with van der Waals surface area (Å²) in [6.07, 6.45) is 2.66. The fraction of sp³-hybridized carbons (Fsp3) is 0.353. The Hall–Kier alpha value is -1.70. The van der Waals surface area contributed by atoms with Crippen molar-refractivity contribution >= 4 is 27.3 Å². The molecule has 3 rings (SSSR count). The second-order valence-corrected chi connectivity index (χ2v) is 8.83. The average molecular weight is 364 g/mol. The normalized spacial score (nSPS) is 14.9. The van der Waals surface area contributed by atoms with Crippen molar-refractivity contribution < 1.29 is 13.2 Å². The minimum Gasteiger partial charge on any atom is -0.338 e. The minimum atomic E-state index is -3.57. The third-order valence-corrected chi connectivity index (χ3v) is 7.02. The molecule has 1 aromatic carbocycles. The molecule has 0 spiro atoms. The number of thiophene rings is 1. The van der Waals surface area contributed by atoms with Gasteiger partial charge in [-0.2, -0.15) is 0 Å². The molecule has 1 aliphatic heterocycles. The van der Waals surface area contributed by atoms with E-state index in [0.717, 1.165) is 42.8 Å². The maximum Gasteiger partial charge on any atom is 0.263 e. The van der Waals surface area contributed by atoms with Crippen LogP contribution in [0.1, 0.15) is 28.1 Å². The monoisotopic (exact) mass is 364 g/mol. The molecule has 5 nitrogen and oxygen atoms in total. The van der Waals surface area contributed by atoms with Crippen molar-refractivity contribution in [2.75, 3.05) is 19.6 Å². The number of hydrogen-bond acceptors (Lipinski definition) is 4. The number of carbonyl (C=O) groups excluding carboxylic acids is 1. The lowest BCUT2D eigenvalue weighted by molar-refractivity contribution is 0.0797. The summed E-state index contributed by atoms with van der Waals surface area (Å²) >= 11 is 1.04. The van der Waals surface area contributed by atoms with E-state index in [9.17, 15) is 13.2 Å². The molecule has 128 valence electrons. The van der Waals surface area contributed by atoms with Gasteiger partial charge in [0.2, 0.25) is 10.0 Å². The van der Waals surface area contributed by atoms with Crippen molar-refractivity contribution in [3.05, 3.63) is 52.9 Å². The lowest BCUT2D eigenvalue weighted by atomic mass is 10.2. The fourth-order valence-corrected chi connectivity index (χ4v) is 5.05. The van der Waals surface area contributed by atoms with Crippen LogP contribution in [0.3, 0.4) is 0 Å². The highest BCUT2D eigenvalue weighted by molar-refractivity contribution is 7.91. The van der Waals surface area contributed by atoms with Crippen LogP contribution in [0.2, 0.25) is 0 Å². The molecular formula is C17H20N2O3S2. The maximum atomic E-state index is 12.4. The van der Waals surface area contributed by atoms with Crippen LogP contribution in [0.15, 0.2) is 46.7 Å². The van der Waals surface area contributed by atoms with Gasteiger partial charge < -0.3 is 4.90 Å². The van der Waals surface area contributed by atoms with Crippen molar-refractivity contribution in [3.8, 4) is 0 Å². The van der Waals surface area contributed by atoms with E-state index in [2.05, 4.69) is 4.72 Å². The number of nitrogens with zero attached hydrogens (tertiary/aromatic N) is 1. The SMILES string of the molecule is O=C(c1ccc(S(=O)(=O)NCCc2ccccc2)s1)N1CCCC1. The van der Waals surface area contributed by atoms with Crippen LogP contribution in [0, 0.1) is 0 Å². The highest BCUT2D eigenvalue weighted by atomic mass is 32.2. The van der Waals surface area contributed by atoms with Crippen LogP contribution in [0.5, 0.6) is 0 Å². The van der Waals surface area contributed by atoms with Crippen molar-refractivity contribution in [3.63, 3.8) is 0 Å². The Morgan fingerprint density at radius 3 is 2.50 bits per heavy atom. The lowest BCUT2D eigenvalue weighted by Gasteiger charge is -2.13. The Morgan fingerprint density at radius 2 is 1.79 bits per heavy atom. The van der Waals surface area contributed by atoms with E-state index in [1.54, 1.807) is 11.0 Å². The number of likely N-dealkylation sites (tertiary alicyclic amines) is 1. The summed E-state index contributed by atoms with van der Waals surface area (Å²) in [5, 5.41) is 0. The van der Waals surface area contributed by atoms with E-state index in [0.29, 0.717) is 17.8 Å². The van der Waals surface area contributed by atoms with Gasteiger partial charge in [0.15, 0.2) is 0 Å². The summed E-state index contributed by atoms with van der Waals surface area (Å²) < 4.78 is 27.5. The average Bonchev–Trinajstić information content (AvgIpc) is 3.27. The van der Waals surface area contributed by atoms with Gasteiger partial charge in [0.05, 0.1) is 4.88 Å². The molecule has 2 aromatic rings. The number of hydrogen-bond donors (Lipinski definition) is 1. The standard InChI is InChI=1S/C17H20N2O3S2/c20-17(19-12-4-5-13-19)15-8-9-16(23-15)24(21,22)18-11-10-14-6-2-1-3-7-14/h1-3,6-9,18H,4-5,10-13H2. The third-order valence-electron chi connectivity index (χ3n) is 4.00. The number of carbonyl (C=O) groups is 1. The molecule has 0 bridgehead atoms. The van der Waals surface area contributed by atoms with Crippen LogP contribution < -0.4 is 4.72 Å². The van der Waals surface area contributed by atoms with Gasteiger partial charge in [-0.3, -0.25) is 4.79 Å². The first-order valence-corrected chi connectivity index (χ1v) is 10.3. The summed E-state index contributed by atoms with van der Waals surface area (Å²) in [5.41, 5.74) is 1.08. The van der Waals surface area contributed by atoms with E-state index in [4.69, 9.17) is 0 Å². The number of nitrogens with one attached hydrogen (secondary N) is 1. The first-order chi connectivity index (χ1) is 11.6. The summed E-state index contributed by atoms with van der Waals surface area (Å²) in [5.74, 6) is -0.0664. The van der Waals surface area contributed by atoms with Crippen LogP contribution >= 0.6 is 11.3 Å². The number of rotatable bonds is 6. The molecule has 24 heavy (non-hydrogen) atoms. The first kappa shape index (κ1) is 17.1. The Morgan fingerprint density at radius 1 is 1.08 bits per heavy atom.